The third kappa shape index (κ3) is 5.55. The first-order chi connectivity index (χ1) is 25.8. The van der Waals surface area contributed by atoms with Crippen LogP contribution in [0.1, 0.15) is 29.5 Å². The van der Waals surface area contributed by atoms with Crippen LogP contribution in [0.4, 0.5) is 5.69 Å². The van der Waals surface area contributed by atoms with Crippen LogP contribution in [0, 0.1) is 23.7 Å². The summed E-state index contributed by atoms with van der Waals surface area (Å²) >= 11 is 14.5. The van der Waals surface area contributed by atoms with Gasteiger partial charge in [0.15, 0.2) is 21.2 Å². The van der Waals surface area contributed by atoms with Crippen LogP contribution in [0.25, 0.3) is 18.2 Å². The molecule has 54 heavy (non-hydrogen) atoms. The highest BCUT2D eigenvalue weighted by Gasteiger charge is 2.75. The summed E-state index contributed by atoms with van der Waals surface area (Å²) in [6, 6.07) is 15.7. The van der Waals surface area contributed by atoms with Crippen molar-refractivity contribution in [3.8, 4) is 28.7 Å². The van der Waals surface area contributed by atoms with E-state index in [0.29, 0.717) is 28.3 Å². The molecule has 11 nitrogen and oxygen atoms in total. The second-order valence-electron chi connectivity index (χ2n) is 13.7. The number of anilines is 1. The molecule has 0 bridgehead atoms. The highest BCUT2D eigenvalue weighted by atomic mass is 35.5. The number of ether oxygens (including phenoxy) is 4. The van der Waals surface area contributed by atoms with E-state index in [4.69, 9.17) is 42.1 Å². The van der Waals surface area contributed by atoms with Crippen molar-refractivity contribution in [3.05, 3.63) is 89.0 Å². The Balaban J connectivity index is 1.22. The van der Waals surface area contributed by atoms with Crippen molar-refractivity contribution in [2.24, 2.45) is 23.7 Å². The minimum Gasteiger partial charge on any atom is -0.502 e. The summed E-state index contributed by atoms with van der Waals surface area (Å²) in [5.74, 6) is -3.74. The molecule has 3 fully saturated rings. The Morgan fingerprint density at radius 1 is 0.759 bits per heavy atom. The lowest BCUT2D eigenvalue weighted by Gasteiger charge is -2.49. The van der Waals surface area contributed by atoms with E-state index < -0.39 is 51.1 Å². The molecule has 6 atom stereocenters. The number of phenolic OH excluding ortho intramolecular Hbond substituents is 1. The van der Waals surface area contributed by atoms with Gasteiger partial charge >= 0.3 is 0 Å². The molecule has 1 N–H and O–H groups in total. The summed E-state index contributed by atoms with van der Waals surface area (Å²) in [7, 11) is 7.33. The third-order valence-corrected chi connectivity index (χ3v) is 12.5. The fraction of sp³-hybridized carbons (Fsp3) is 0.317. The van der Waals surface area contributed by atoms with Gasteiger partial charge in [-0.3, -0.25) is 29.0 Å². The Labute approximate surface area is 322 Å². The predicted octanol–water partition coefficient (Wildman–Crippen LogP) is 6.34. The van der Waals surface area contributed by atoms with Crippen molar-refractivity contribution >= 4 is 70.7 Å². The van der Waals surface area contributed by atoms with Crippen LogP contribution in [-0.2, 0) is 19.2 Å². The number of methoxy groups -OCH3 is 4. The number of fused-ring (bicyclic) bond motifs is 4. The molecule has 280 valence electrons. The fourth-order valence-electron chi connectivity index (χ4n) is 8.35. The Morgan fingerprint density at radius 2 is 1.43 bits per heavy atom. The van der Waals surface area contributed by atoms with Crippen molar-refractivity contribution in [1.29, 1.82) is 0 Å². The summed E-state index contributed by atoms with van der Waals surface area (Å²) in [4.78, 5) is 54.3. The van der Waals surface area contributed by atoms with Gasteiger partial charge in [-0.25, -0.2) is 0 Å². The molecule has 2 aliphatic carbocycles. The molecule has 7 rings (SSSR count). The van der Waals surface area contributed by atoms with Gasteiger partial charge < -0.3 is 24.1 Å². The number of halogens is 2. The second-order valence-corrected chi connectivity index (χ2v) is 15.0. The predicted molar refractivity (Wildman–Crippen MR) is 204 cm³/mol. The monoisotopic (exact) mass is 772 g/mol. The van der Waals surface area contributed by atoms with E-state index in [9.17, 15) is 24.3 Å². The number of allylic oxidation sites excluding steroid dienone is 3. The van der Waals surface area contributed by atoms with Crippen LogP contribution >= 0.6 is 23.2 Å². The van der Waals surface area contributed by atoms with Crippen LogP contribution in [-0.4, -0.2) is 78.9 Å². The molecule has 2 saturated heterocycles. The van der Waals surface area contributed by atoms with Gasteiger partial charge in [0, 0.05) is 18.5 Å². The molecule has 2 heterocycles. The van der Waals surface area contributed by atoms with E-state index in [-0.39, 0.29) is 36.0 Å². The maximum Gasteiger partial charge on any atom is 0.253 e. The molecule has 3 aromatic rings. The highest BCUT2D eigenvalue weighted by molar-refractivity contribution is 6.53. The van der Waals surface area contributed by atoms with Crippen LogP contribution in [0.2, 0.25) is 0 Å². The number of alkyl halides is 2. The van der Waals surface area contributed by atoms with Crippen molar-refractivity contribution in [3.63, 3.8) is 0 Å². The van der Waals surface area contributed by atoms with E-state index in [2.05, 4.69) is 0 Å². The first-order valence-corrected chi connectivity index (χ1v) is 18.0. The van der Waals surface area contributed by atoms with Crippen molar-refractivity contribution in [2.75, 3.05) is 40.4 Å². The van der Waals surface area contributed by atoms with E-state index >= 15 is 0 Å². The van der Waals surface area contributed by atoms with Crippen molar-refractivity contribution in [1.82, 2.24) is 4.90 Å². The van der Waals surface area contributed by atoms with E-state index in [1.165, 1.54) is 26.2 Å². The SMILES string of the molecule is COc1ccc(OC)c(C=Cc2ccc(N3C(=O)C4CC=C5C(CC6(Cl)C(=O)N(C)C(=O)C6(Cl)C5C=Cc5cc(OC)c(O)c(OC)c5)C4C3=O)cc2)c1. The molecule has 4 amide bonds. The smallest absolute Gasteiger partial charge is 0.253 e. The average Bonchev–Trinajstić information content (AvgIpc) is 3.51. The summed E-state index contributed by atoms with van der Waals surface area (Å²) in [6.45, 7) is 0. The number of aromatic hydroxyl groups is 1. The lowest BCUT2D eigenvalue weighted by Crippen LogP contribution is -2.60. The number of hydrogen-bond acceptors (Lipinski definition) is 9. The minimum atomic E-state index is -1.92. The topological polar surface area (TPSA) is 132 Å². The molecule has 6 unspecified atom stereocenters. The number of carbonyl (C=O) groups is 4. The molecule has 0 spiro atoms. The zero-order valence-electron chi connectivity index (χ0n) is 30.2. The van der Waals surface area contributed by atoms with E-state index in [1.54, 1.807) is 50.6 Å². The van der Waals surface area contributed by atoms with Crippen molar-refractivity contribution < 1.29 is 43.2 Å². The summed E-state index contributed by atoms with van der Waals surface area (Å²) in [6.07, 6.45) is 9.12. The van der Waals surface area contributed by atoms with Crippen LogP contribution in [0.15, 0.2) is 72.3 Å². The molecule has 13 heteroatoms. The number of amides is 4. The third-order valence-electron chi connectivity index (χ3n) is 11.1. The minimum absolute atomic E-state index is 0.116. The lowest BCUT2D eigenvalue weighted by molar-refractivity contribution is -0.138. The van der Waals surface area contributed by atoms with Crippen LogP contribution in [0.3, 0.4) is 0 Å². The summed E-state index contributed by atoms with van der Waals surface area (Å²) in [5.41, 5.74) is 3.25. The number of likely N-dealkylation sites (tertiary alicyclic amines) is 1. The fourth-order valence-corrected chi connectivity index (χ4v) is 9.33. The number of imide groups is 2. The highest BCUT2D eigenvalue weighted by Crippen LogP contribution is 2.63. The van der Waals surface area contributed by atoms with Gasteiger partial charge in [-0.15, -0.1) is 23.2 Å². The number of benzene rings is 3. The van der Waals surface area contributed by atoms with Gasteiger partial charge in [0.2, 0.25) is 17.6 Å². The summed E-state index contributed by atoms with van der Waals surface area (Å²) < 4.78 is 21.4. The number of rotatable bonds is 9. The molecular weight excluding hydrogens is 735 g/mol. The lowest BCUT2D eigenvalue weighted by atomic mass is 9.57. The van der Waals surface area contributed by atoms with Gasteiger partial charge in [-0.05, 0) is 72.4 Å². The Kier molecular flexibility index (Phi) is 9.52. The molecule has 2 aliphatic heterocycles. The number of phenols is 1. The van der Waals surface area contributed by atoms with Crippen LogP contribution < -0.4 is 23.8 Å². The van der Waals surface area contributed by atoms with E-state index in [0.717, 1.165) is 16.0 Å². The van der Waals surface area contributed by atoms with Gasteiger partial charge in [0.25, 0.3) is 11.8 Å². The van der Waals surface area contributed by atoms with Gasteiger partial charge in [-0.2, -0.15) is 0 Å². The Morgan fingerprint density at radius 3 is 2.06 bits per heavy atom. The molecule has 1 saturated carbocycles. The Hall–Kier alpha value is -5.26. The molecule has 4 aliphatic rings. The van der Waals surface area contributed by atoms with Gasteiger partial charge in [-0.1, -0.05) is 48.1 Å². The number of carbonyl (C=O) groups excluding carboxylic acids is 4. The Bertz CT molecular complexity index is 2140. The van der Waals surface area contributed by atoms with Crippen molar-refractivity contribution in [2.45, 2.75) is 22.6 Å². The zero-order valence-corrected chi connectivity index (χ0v) is 31.7. The number of nitrogens with zero attached hydrogens (tertiary/aromatic N) is 2. The molecule has 0 aromatic heterocycles. The van der Waals surface area contributed by atoms with Gasteiger partial charge in [0.1, 0.15) is 11.5 Å². The van der Waals surface area contributed by atoms with E-state index in [1.807, 2.05) is 48.6 Å². The maximum absolute atomic E-state index is 14.4. The molecule has 0 radical (unpaired) electrons. The molecular formula is C41H38Cl2N2O9. The quantitative estimate of drug-likeness (QED) is 0.115. The molecule has 3 aromatic carbocycles. The maximum atomic E-state index is 14.4. The first kappa shape index (κ1) is 37.1. The van der Waals surface area contributed by atoms with Gasteiger partial charge in [0.05, 0.1) is 46.0 Å². The number of hydrogen-bond donors (Lipinski definition) is 1. The largest absolute Gasteiger partial charge is 0.502 e. The normalized spacial score (nSPS) is 27.6. The summed E-state index contributed by atoms with van der Waals surface area (Å²) in [5, 5.41) is 10.4. The first-order valence-electron chi connectivity index (χ1n) is 17.2. The second kappa shape index (κ2) is 13.9. The zero-order chi connectivity index (χ0) is 38.7. The standard InChI is InChI=1S/C41H38Cl2N2O9/c1-44-38(49)40(42)21-29-27(30(41(40,43)39(44)50)16-9-23-18-32(53-4)35(46)33(19-23)54-5)14-15-28-34(29)37(48)45(36(28)47)25-11-7-22(8-12-25)6-10-24-20-26(51-2)13-17-31(24)52-3/h6-14,16-20,28-30,34,46H,15,21H2,1-5H3. The average molecular weight is 774 g/mol. The van der Waals surface area contributed by atoms with Crippen LogP contribution in [0.5, 0.6) is 28.7 Å².